The number of benzene rings is 1. The maximum Gasteiger partial charge on any atom is 0.336 e. The minimum Gasteiger partial charge on any atom is -0.478 e. The fourth-order valence-electron chi connectivity index (χ4n) is 2.57. The van der Waals surface area contributed by atoms with Gasteiger partial charge in [-0.3, -0.25) is 4.90 Å². The Morgan fingerprint density at radius 2 is 2.33 bits per heavy atom. The lowest BCUT2D eigenvalue weighted by Gasteiger charge is -2.31. The van der Waals surface area contributed by atoms with Crippen molar-refractivity contribution in [2.24, 2.45) is 5.92 Å². The molecule has 0 spiro atoms. The number of rotatable bonds is 3. The molecule has 0 bridgehead atoms. The molecule has 0 saturated carbocycles. The zero-order valence-electron chi connectivity index (χ0n) is 10.5. The Morgan fingerprint density at radius 3 is 3.00 bits per heavy atom. The lowest BCUT2D eigenvalue weighted by Crippen LogP contribution is -2.34. The van der Waals surface area contributed by atoms with Crippen molar-refractivity contribution in [1.82, 2.24) is 4.90 Å². The first-order valence-electron chi connectivity index (χ1n) is 6.30. The van der Waals surface area contributed by atoms with Crippen molar-refractivity contribution in [3.05, 3.63) is 33.8 Å². The summed E-state index contributed by atoms with van der Waals surface area (Å²) in [5.74, 6) is -0.137. The molecule has 1 aromatic rings. The Labute approximate surface area is 116 Å². The zero-order valence-corrected chi connectivity index (χ0v) is 12.1. The summed E-state index contributed by atoms with van der Waals surface area (Å²) in [5, 5.41) is 9.20. The molecule has 1 atom stereocenters. The van der Waals surface area contributed by atoms with Crippen molar-refractivity contribution in [1.29, 1.82) is 0 Å². The summed E-state index contributed by atoms with van der Waals surface area (Å²) >= 11 is 3.41. The SMILES string of the molecule is CC1CCCN(Cc2cc(Br)ccc2C(=O)O)C1. The van der Waals surface area contributed by atoms with Crippen LogP contribution in [0.1, 0.15) is 35.7 Å². The highest BCUT2D eigenvalue weighted by Crippen LogP contribution is 2.22. The van der Waals surface area contributed by atoms with Gasteiger partial charge in [-0.05, 0) is 49.1 Å². The van der Waals surface area contributed by atoms with Gasteiger partial charge in [0.1, 0.15) is 0 Å². The summed E-state index contributed by atoms with van der Waals surface area (Å²) in [6.07, 6.45) is 2.48. The summed E-state index contributed by atoms with van der Waals surface area (Å²) in [7, 11) is 0. The third-order valence-electron chi connectivity index (χ3n) is 3.43. The Hall–Kier alpha value is -0.870. The number of nitrogens with zero attached hydrogens (tertiary/aromatic N) is 1. The number of hydrogen-bond donors (Lipinski definition) is 1. The smallest absolute Gasteiger partial charge is 0.336 e. The molecule has 98 valence electrons. The van der Waals surface area contributed by atoms with Crippen LogP contribution in [0.15, 0.2) is 22.7 Å². The van der Waals surface area contributed by atoms with E-state index in [1.807, 2.05) is 6.07 Å². The predicted molar refractivity (Wildman–Crippen MR) is 74.8 cm³/mol. The van der Waals surface area contributed by atoms with Gasteiger partial charge in [0.25, 0.3) is 0 Å². The molecule has 18 heavy (non-hydrogen) atoms. The highest BCUT2D eigenvalue weighted by molar-refractivity contribution is 9.10. The predicted octanol–water partition coefficient (Wildman–Crippen LogP) is 3.38. The monoisotopic (exact) mass is 311 g/mol. The Bertz CT molecular complexity index is 447. The number of carboxylic acid groups (broad SMARTS) is 1. The van der Waals surface area contributed by atoms with Crippen LogP contribution in [-0.4, -0.2) is 29.1 Å². The molecule has 1 aliphatic rings. The summed E-state index contributed by atoms with van der Waals surface area (Å²) in [6.45, 7) is 5.11. The molecule has 0 radical (unpaired) electrons. The number of carbonyl (C=O) groups is 1. The van der Waals surface area contributed by atoms with Gasteiger partial charge in [-0.1, -0.05) is 22.9 Å². The lowest BCUT2D eigenvalue weighted by molar-refractivity contribution is 0.0693. The van der Waals surface area contributed by atoms with Gasteiger partial charge >= 0.3 is 5.97 Å². The maximum absolute atomic E-state index is 11.2. The van der Waals surface area contributed by atoms with Crippen molar-refractivity contribution in [3.63, 3.8) is 0 Å². The van der Waals surface area contributed by atoms with E-state index in [1.54, 1.807) is 12.1 Å². The van der Waals surface area contributed by atoms with Crippen molar-refractivity contribution in [3.8, 4) is 0 Å². The van der Waals surface area contributed by atoms with Crippen LogP contribution < -0.4 is 0 Å². The van der Waals surface area contributed by atoms with Crippen LogP contribution in [0.2, 0.25) is 0 Å². The van der Waals surface area contributed by atoms with E-state index in [4.69, 9.17) is 0 Å². The third kappa shape index (κ3) is 3.33. The highest BCUT2D eigenvalue weighted by Gasteiger charge is 2.19. The molecule has 3 nitrogen and oxygen atoms in total. The van der Waals surface area contributed by atoms with E-state index >= 15 is 0 Å². The average Bonchev–Trinajstić information content (AvgIpc) is 2.28. The van der Waals surface area contributed by atoms with Gasteiger partial charge < -0.3 is 5.11 Å². The normalized spacial score (nSPS) is 20.9. The van der Waals surface area contributed by atoms with E-state index in [9.17, 15) is 9.90 Å². The van der Waals surface area contributed by atoms with E-state index in [-0.39, 0.29) is 0 Å². The molecule has 0 aliphatic carbocycles. The number of hydrogen-bond acceptors (Lipinski definition) is 2. The van der Waals surface area contributed by atoms with Gasteiger partial charge in [-0.15, -0.1) is 0 Å². The molecule has 1 aromatic carbocycles. The molecule has 0 aromatic heterocycles. The van der Waals surface area contributed by atoms with E-state index in [1.165, 1.54) is 12.8 Å². The topological polar surface area (TPSA) is 40.5 Å². The summed E-state index contributed by atoms with van der Waals surface area (Å²) in [5.41, 5.74) is 1.31. The van der Waals surface area contributed by atoms with Gasteiger partial charge in [0.15, 0.2) is 0 Å². The van der Waals surface area contributed by atoms with Crippen LogP contribution in [0.25, 0.3) is 0 Å². The van der Waals surface area contributed by atoms with Gasteiger partial charge in [-0.2, -0.15) is 0 Å². The first-order chi connectivity index (χ1) is 8.56. The summed E-state index contributed by atoms with van der Waals surface area (Å²) < 4.78 is 0.938. The minimum absolute atomic E-state index is 0.413. The molecular weight excluding hydrogens is 294 g/mol. The molecule has 4 heteroatoms. The van der Waals surface area contributed by atoms with Crippen LogP contribution in [0.4, 0.5) is 0 Å². The van der Waals surface area contributed by atoms with Crippen LogP contribution in [-0.2, 0) is 6.54 Å². The van der Waals surface area contributed by atoms with E-state index in [2.05, 4.69) is 27.8 Å². The standard InChI is InChI=1S/C14H18BrNO2/c1-10-3-2-6-16(8-10)9-11-7-12(15)4-5-13(11)14(17)18/h4-5,7,10H,2-3,6,8-9H2,1H3,(H,17,18). The Balaban J connectivity index is 2.16. The van der Waals surface area contributed by atoms with Gasteiger partial charge in [-0.25, -0.2) is 4.79 Å². The number of aromatic carboxylic acids is 1. The van der Waals surface area contributed by atoms with Gasteiger partial charge in [0.2, 0.25) is 0 Å². The second kappa shape index (κ2) is 5.85. The molecule has 1 fully saturated rings. The fraction of sp³-hybridized carbons (Fsp3) is 0.500. The van der Waals surface area contributed by atoms with Crippen LogP contribution in [0.5, 0.6) is 0 Å². The molecule has 0 amide bonds. The molecule has 1 unspecified atom stereocenters. The van der Waals surface area contributed by atoms with Crippen molar-refractivity contribution >= 4 is 21.9 Å². The van der Waals surface area contributed by atoms with Gasteiger partial charge in [0, 0.05) is 17.6 Å². The average molecular weight is 312 g/mol. The summed E-state index contributed by atoms with van der Waals surface area (Å²) in [6, 6.07) is 5.38. The van der Waals surface area contributed by atoms with Crippen molar-refractivity contribution in [2.75, 3.05) is 13.1 Å². The molecule has 1 saturated heterocycles. The van der Waals surface area contributed by atoms with Crippen LogP contribution in [0, 0.1) is 5.92 Å². The molecule has 1 heterocycles. The second-order valence-electron chi connectivity index (χ2n) is 5.09. The highest BCUT2D eigenvalue weighted by atomic mass is 79.9. The fourth-order valence-corrected chi connectivity index (χ4v) is 2.98. The van der Waals surface area contributed by atoms with E-state index in [0.717, 1.165) is 29.7 Å². The molecule has 2 rings (SSSR count). The van der Waals surface area contributed by atoms with E-state index < -0.39 is 5.97 Å². The van der Waals surface area contributed by atoms with Crippen molar-refractivity contribution < 1.29 is 9.90 Å². The lowest BCUT2D eigenvalue weighted by atomic mass is 9.99. The Kier molecular flexibility index (Phi) is 4.40. The van der Waals surface area contributed by atoms with Crippen LogP contribution >= 0.6 is 15.9 Å². The van der Waals surface area contributed by atoms with E-state index in [0.29, 0.717) is 11.5 Å². The first-order valence-corrected chi connectivity index (χ1v) is 7.09. The quantitative estimate of drug-likeness (QED) is 0.930. The zero-order chi connectivity index (χ0) is 13.1. The second-order valence-corrected chi connectivity index (χ2v) is 6.00. The first kappa shape index (κ1) is 13.6. The van der Waals surface area contributed by atoms with Gasteiger partial charge in [0.05, 0.1) is 5.56 Å². The van der Waals surface area contributed by atoms with Crippen LogP contribution in [0.3, 0.4) is 0 Å². The number of piperidine rings is 1. The van der Waals surface area contributed by atoms with Crippen molar-refractivity contribution in [2.45, 2.75) is 26.3 Å². The molecule has 1 aliphatic heterocycles. The Morgan fingerprint density at radius 1 is 1.56 bits per heavy atom. The number of halogens is 1. The third-order valence-corrected chi connectivity index (χ3v) is 3.93. The molecule has 1 N–H and O–H groups in total. The number of likely N-dealkylation sites (tertiary alicyclic amines) is 1. The number of carboxylic acids is 1. The summed E-state index contributed by atoms with van der Waals surface area (Å²) in [4.78, 5) is 13.6. The largest absolute Gasteiger partial charge is 0.478 e. The maximum atomic E-state index is 11.2. The molecular formula is C14H18BrNO2. The minimum atomic E-state index is -0.845.